The molecule has 1 fully saturated rings. The number of halogens is 1. The van der Waals surface area contributed by atoms with Crippen LogP contribution in [0.15, 0.2) is 28.7 Å². The van der Waals surface area contributed by atoms with E-state index < -0.39 is 0 Å². The number of hydrogen-bond acceptors (Lipinski definition) is 1. The average molecular weight is 254 g/mol. The summed E-state index contributed by atoms with van der Waals surface area (Å²) in [4.78, 5) is 13.7. The van der Waals surface area contributed by atoms with E-state index in [-0.39, 0.29) is 5.91 Å². The summed E-state index contributed by atoms with van der Waals surface area (Å²) in [5, 5.41) is 0. The number of benzene rings is 1. The molecule has 0 saturated heterocycles. The van der Waals surface area contributed by atoms with Crippen molar-refractivity contribution in [3.63, 3.8) is 0 Å². The van der Waals surface area contributed by atoms with Gasteiger partial charge in [0.25, 0.3) is 5.91 Å². The SMILES string of the molecule is CN(C(=O)c1ccc(Br)cc1)C1CC1. The molecule has 1 aliphatic carbocycles. The normalized spacial score (nSPS) is 15.3. The number of carbonyl (C=O) groups excluding carboxylic acids is 1. The zero-order valence-electron chi connectivity index (χ0n) is 8.03. The Morgan fingerprint density at radius 2 is 1.93 bits per heavy atom. The van der Waals surface area contributed by atoms with Crippen LogP contribution < -0.4 is 0 Å². The Labute approximate surface area is 92.0 Å². The Balaban J connectivity index is 2.13. The Morgan fingerprint density at radius 1 is 1.36 bits per heavy atom. The largest absolute Gasteiger partial charge is 0.339 e. The minimum Gasteiger partial charge on any atom is -0.339 e. The van der Waals surface area contributed by atoms with Crippen LogP contribution in [0.1, 0.15) is 23.2 Å². The molecule has 0 bridgehead atoms. The van der Waals surface area contributed by atoms with Crippen molar-refractivity contribution >= 4 is 21.8 Å². The van der Waals surface area contributed by atoms with Crippen LogP contribution in [-0.4, -0.2) is 23.9 Å². The van der Waals surface area contributed by atoms with Crippen LogP contribution in [0.5, 0.6) is 0 Å². The lowest BCUT2D eigenvalue weighted by Gasteiger charge is -2.15. The van der Waals surface area contributed by atoms with Gasteiger partial charge in [0.15, 0.2) is 0 Å². The highest BCUT2D eigenvalue weighted by Gasteiger charge is 2.29. The van der Waals surface area contributed by atoms with Crippen molar-refractivity contribution in [2.75, 3.05) is 7.05 Å². The number of amides is 1. The molecule has 1 aromatic rings. The van der Waals surface area contributed by atoms with Gasteiger partial charge in [-0.1, -0.05) is 15.9 Å². The highest BCUT2D eigenvalue weighted by molar-refractivity contribution is 9.10. The summed E-state index contributed by atoms with van der Waals surface area (Å²) < 4.78 is 1.00. The van der Waals surface area contributed by atoms with E-state index in [0.717, 1.165) is 22.9 Å². The van der Waals surface area contributed by atoms with Gasteiger partial charge in [0.1, 0.15) is 0 Å². The highest BCUT2D eigenvalue weighted by Crippen LogP contribution is 2.26. The molecule has 0 aromatic heterocycles. The topological polar surface area (TPSA) is 20.3 Å². The summed E-state index contributed by atoms with van der Waals surface area (Å²) in [7, 11) is 1.88. The Kier molecular flexibility index (Phi) is 2.59. The molecule has 0 radical (unpaired) electrons. The molecule has 14 heavy (non-hydrogen) atoms. The van der Waals surface area contributed by atoms with E-state index in [1.54, 1.807) is 0 Å². The van der Waals surface area contributed by atoms with Crippen molar-refractivity contribution in [1.82, 2.24) is 4.90 Å². The molecular weight excluding hydrogens is 242 g/mol. The van der Waals surface area contributed by atoms with Gasteiger partial charge in [-0.2, -0.15) is 0 Å². The third-order valence-corrected chi connectivity index (χ3v) is 3.03. The van der Waals surface area contributed by atoms with Crippen LogP contribution in [0, 0.1) is 0 Å². The van der Waals surface area contributed by atoms with Crippen LogP contribution >= 0.6 is 15.9 Å². The predicted molar refractivity (Wildman–Crippen MR) is 59.3 cm³/mol. The molecule has 3 heteroatoms. The lowest BCUT2D eigenvalue weighted by molar-refractivity contribution is 0.0785. The maximum atomic E-state index is 11.8. The Morgan fingerprint density at radius 3 is 2.43 bits per heavy atom. The monoisotopic (exact) mass is 253 g/mol. The van der Waals surface area contributed by atoms with Crippen LogP contribution in [0.4, 0.5) is 0 Å². The van der Waals surface area contributed by atoms with E-state index in [9.17, 15) is 4.79 Å². The zero-order valence-corrected chi connectivity index (χ0v) is 9.62. The maximum Gasteiger partial charge on any atom is 0.253 e. The van der Waals surface area contributed by atoms with Crippen molar-refractivity contribution in [2.24, 2.45) is 0 Å². The number of nitrogens with zero attached hydrogens (tertiary/aromatic N) is 1. The van der Waals surface area contributed by atoms with Crippen molar-refractivity contribution < 1.29 is 4.79 Å². The summed E-state index contributed by atoms with van der Waals surface area (Å²) in [6.45, 7) is 0. The maximum absolute atomic E-state index is 11.8. The Bertz CT molecular complexity index is 343. The summed E-state index contributed by atoms with van der Waals surface area (Å²) in [5.41, 5.74) is 0.766. The van der Waals surface area contributed by atoms with Gasteiger partial charge in [-0.25, -0.2) is 0 Å². The van der Waals surface area contributed by atoms with Gasteiger partial charge in [0.2, 0.25) is 0 Å². The highest BCUT2D eigenvalue weighted by atomic mass is 79.9. The molecule has 1 saturated carbocycles. The predicted octanol–water partition coefficient (Wildman–Crippen LogP) is 2.68. The van der Waals surface area contributed by atoms with Crippen molar-refractivity contribution in [2.45, 2.75) is 18.9 Å². The van der Waals surface area contributed by atoms with Gasteiger partial charge in [-0.15, -0.1) is 0 Å². The smallest absolute Gasteiger partial charge is 0.253 e. The van der Waals surface area contributed by atoms with Gasteiger partial charge < -0.3 is 4.90 Å². The molecule has 0 heterocycles. The van der Waals surface area contributed by atoms with Gasteiger partial charge in [0.05, 0.1) is 0 Å². The fourth-order valence-electron chi connectivity index (χ4n) is 1.42. The van der Waals surface area contributed by atoms with Gasteiger partial charge in [-0.05, 0) is 37.1 Å². The molecule has 1 aromatic carbocycles. The summed E-state index contributed by atoms with van der Waals surface area (Å²) in [6.07, 6.45) is 2.30. The fraction of sp³-hybridized carbons (Fsp3) is 0.364. The minimum absolute atomic E-state index is 0.125. The van der Waals surface area contributed by atoms with E-state index in [1.165, 1.54) is 0 Å². The zero-order chi connectivity index (χ0) is 10.1. The fourth-order valence-corrected chi connectivity index (χ4v) is 1.69. The van der Waals surface area contributed by atoms with E-state index in [0.29, 0.717) is 6.04 Å². The lowest BCUT2D eigenvalue weighted by atomic mass is 10.2. The number of hydrogen-bond donors (Lipinski definition) is 0. The van der Waals surface area contributed by atoms with Crippen LogP contribution in [0.2, 0.25) is 0 Å². The molecule has 0 spiro atoms. The second-order valence-electron chi connectivity index (χ2n) is 3.65. The first kappa shape index (κ1) is 9.71. The molecule has 0 aliphatic heterocycles. The third-order valence-electron chi connectivity index (χ3n) is 2.51. The van der Waals surface area contributed by atoms with Crippen molar-refractivity contribution in [1.29, 1.82) is 0 Å². The molecule has 0 unspecified atom stereocenters. The first-order valence-corrected chi connectivity index (χ1v) is 5.50. The van der Waals surface area contributed by atoms with Gasteiger partial charge in [0, 0.05) is 23.1 Å². The number of rotatable bonds is 2. The van der Waals surface area contributed by atoms with Crippen molar-refractivity contribution in [3.05, 3.63) is 34.3 Å². The molecule has 1 aliphatic rings. The molecule has 2 rings (SSSR count). The summed E-state index contributed by atoms with van der Waals surface area (Å²) in [6, 6.07) is 7.98. The molecule has 74 valence electrons. The third kappa shape index (κ3) is 1.98. The minimum atomic E-state index is 0.125. The van der Waals surface area contributed by atoms with Crippen LogP contribution in [0.25, 0.3) is 0 Å². The van der Waals surface area contributed by atoms with E-state index in [2.05, 4.69) is 15.9 Å². The second kappa shape index (κ2) is 3.73. The van der Waals surface area contributed by atoms with Crippen molar-refractivity contribution in [3.8, 4) is 0 Å². The molecule has 1 amide bonds. The average Bonchev–Trinajstić information content (AvgIpc) is 3.00. The number of carbonyl (C=O) groups is 1. The molecule has 0 atom stereocenters. The standard InChI is InChI=1S/C11H12BrNO/c1-13(10-6-7-10)11(14)8-2-4-9(12)5-3-8/h2-5,10H,6-7H2,1H3. The van der Waals surface area contributed by atoms with E-state index in [4.69, 9.17) is 0 Å². The molecule has 2 nitrogen and oxygen atoms in total. The first-order valence-electron chi connectivity index (χ1n) is 4.71. The van der Waals surface area contributed by atoms with Gasteiger partial charge in [-0.3, -0.25) is 4.79 Å². The molecule has 0 N–H and O–H groups in total. The Hall–Kier alpha value is -0.830. The summed E-state index contributed by atoms with van der Waals surface area (Å²) in [5.74, 6) is 0.125. The van der Waals surface area contributed by atoms with Crippen LogP contribution in [0.3, 0.4) is 0 Å². The van der Waals surface area contributed by atoms with Crippen LogP contribution in [-0.2, 0) is 0 Å². The first-order chi connectivity index (χ1) is 6.68. The second-order valence-corrected chi connectivity index (χ2v) is 4.57. The summed E-state index contributed by atoms with van der Waals surface area (Å²) >= 11 is 3.35. The quantitative estimate of drug-likeness (QED) is 0.794. The van der Waals surface area contributed by atoms with E-state index in [1.807, 2.05) is 36.2 Å². The lowest BCUT2D eigenvalue weighted by Crippen LogP contribution is -2.28. The van der Waals surface area contributed by atoms with E-state index >= 15 is 0 Å². The van der Waals surface area contributed by atoms with Gasteiger partial charge >= 0.3 is 0 Å². The molecular formula is C11H12BrNO.